The molecule has 0 aromatic carbocycles. The predicted molar refractivity (Wildman–Crippen MR) is 61.9 cm³/mol. The molecular weight excluding hydrogens is 210 g/mol. The lowest BCUT2D eigenvalue weighted by Gasteiger charge is -2.06. The van der Waals surface area contributed by atoms with Crippen LogP contribution in [0.4, 0.5) is 0 Å². The topological polar surface area (TPSA) is 49.3 Å². The zero-order valence-corrected chi connectivity index (χ0v) is 9.72. The summed E-state index contributed by atoms with van der Waals surface area (Å²) in [5, 5.41) is 13.7. The fraction of sp³-hybridized carbons (Fsp3) is 0.545. The van der Waals surface area contributed by atoms with Crippen molar-refractivity contribution >= 4 is 17.2 Å². The van der Waals surface area contributed by atoms with E-state index in [4.69, 9.17) is 5.11 Å². The number of aliphatic hydroxyl groups excluding tert-OH is 1. The Kier molecular flexibility index (Phi) is 5.36. The van der Waals surface area contributed by atoms with Crippen molar-refractivity contribution in [1.29, 1.82) is 0 Å². The van der Waals surface area contributed by atoms with Gasteiger partial charge in [-0.05, 0) is 31.2 Å². The number of carbonyl (C=O) groups is 1. The Morgan fingerprint density at radius 2 is 2.47 bits per heavy atom. The van der Waals surface area contributed by atoms with Crippen LogP contribution >= 0.6 is 11.3 Å². The summed E-state index contributed by atoms with van der Waals surface area (Å²) in [4.78, 5) is 12.6. The Balaban J connectivity index is 2.07. The van der Waals surface area contributed by atoms with Gasteiger partial charge in [-0.3, -0.25) is 4.79 Å². The molecule has 0 saturated heterocycles. The van der Waals surface area contributed by atoms with Crippen LogP contribution in [0.1, 0.15) is 24.6 Å². The Hall–Kier alpha value is -0.870. The van der Waals surface area contributed by atoms with Crippen molar-refractivity contribution < 1.29 is 9.90 Å². The molecular formula is C11H17NO2S. The number of aryl methyl sites for hydroxylation is 1. The number of nitrogens with one attached hydrogen (secondary N) is 1. The lowest BCUT2D eigenvalue weighted by molar-refractivity contribution is -0.121. The number of carbonyl (C=O) groups excluding carboxylic acids is 1. The van der Waals surface area contributed by atoms with E-state index in [1.54, 1.807) is 18.3 Å². The molecule has 2 N–H and O–H groups in total. The van der Waals surface area contributed by atoms with Crippen molar-refractivity contribution in [2.75, 3.05) is 6.54 Å². The van der Waals surface area contributed by atoms with Gasteiger partial charge in [-0.1, -0.05) is 6.07 Å². The van der Waals surface area contributed by atoms with Crippen LogP contribution in [0.5, 0.6) is 0 Å². The number of amides is 1. The lowest BCUT2D eigenvalue weighted by Crippen LogP contribution is -2.30. The van der Waals surface area contributed by atoms with Gasteiger partial charge in [0.25, 0.3) is 0 Å². The fourth-order valence-electron chi connectivity index (χ4n) is 1.23. The summed E-state index contributed by atoms with van der Waals surface area (Å²) in [6, 6.07) is 4.10. The third-order valence-corrected chi connectivity index (χ3v) is 2.94. The highest BCUT2D eigenvalue weighted by atomic mass is 32.1. The molecule has 0 aliphatic carbocycles. The second-order valence-corrected chi connectivity index (χ2v) is 4.62. The average molecular weight is 227 g/mol. The molecule has 0 fully saturated rings. The van der Waals surface area contributed by atoms with Gasteiger partial charge in [-0.25, -0.2) is 0 Å². The molecule has 1 atom stereocenters. The van der Waals surface area contributed by atoms with Crippen LogP contribution in [0.3, 0.4) is 0 Å². The monoisotopic (exact) mass is 227 g/mol. The number of hydrogen-bond donors (Lipinski definition) is 2. The first-order valence-corrected chi connectivity index (χ1v) is 6.03. The van der Waals surface area contributed by atoms with Crippen LogP contribution in [0.25, 0.3) is 0 Å². The molecule has 0 aliphatic rings. The fourth-order valence-corrected chi connectivity index (χ4v) is 1.98. The van der Waals surface area contributed by atoms with Gasteiger partial charge in [0.1, 0.15) is 0 Å². The van der Waals surface area contributed by atoms with E-state index in [1.807, 2.05) is 11.4 Å². The zero-order valence-electron chi connectivity index (χ0n) is 8.90. The van der Waals surface area contributed by atoms with Crippen molar-refractivity contribution in [3.05, 3.63) is 22.4 Å². The first-order valence-electron chi connectivity index (χ1n) is 5.15. The van der Waals surface area contributed by atoms with E-state index in [9.17, 15) is 4.79 Å². The number of hydrogen-bond acceptors (Lipinski definition) is 3. The molecule has 4 heteroatoms. The molecule has 0 bridgehead atoms. The smallest absolute Gasteiger partial charge is 0.220 e. The minimum atomic E-state index is -0.466. The van der Waals surface area contributed by atoms with Gasteiger partial charge in [0.05, 0.1) is 6.10 Å². The van der Waals surface area contributed by atoms with E-state index in [0.717, 1.165) is 12.8 Å². The van der Waals surface area contributed by atoms with Crippen LogP contribution in [-0.4, -0.2) is 23.7 Å². The minimum Gasteiger partial charge on any atom is -0.392 e. The van der Waals surface area contributed by atoms with Crippen LogP contribution < -0.4 is 5.32 Å². The van der Waals surface area contributed by atoms with Crippen LogP contribution in [0.2, 0.25) is 0 Å². The van der Waals surface area contributed by atoms with Gasteiger partial charge in [-0.15, -0.1) is 11.3 Å². The summed E-state index contributed by atoms with van der Waals surface area (Å²) in [6.45, 7) is 2.00. The largest absolute Gasteiger partial charge is 0.392 e. The third kappa shape index (κ3) is 5.54. The lowest BCUT2D eigenvalue weighted by atomic mass is 10.2. The Bertz CT molecular complexity index is 283. The van der Waals surface area contributed by atoms with Crippen molar-refractivity contribution in [1.82, 2.24) is 5.32 Å². The molecule has 1 aromatic rings. The number of rotatable bonds is 6. The molecule has 0 radical (unpaired) electrons. The predicted octanol–water partition coefficient (Wildman–Crippen LogP) is 1.57. The standard InChI is InChI=1S/C11H17NO2S/c1-9(13)8-12-11(14)6-2-4-10-5-3-7-15-10/h3,5,7,9,13H,2,4,6,8H2,1H3,(H,12,14)/t9-/m0/s1. The van der Waals surface area contributed by atoms with Crippen molar-refractivity contribution in [2.24, 2.45) is 0 Å². The molecule has 1 rings (SSSR count). The van der Waals surface area contributed by atoms with E-state index >= 15 is 0 Å². The second-order valence-electron chi connectivity index (χ2n) is 3.59. The highest BCUT2D eigenvalue weighted by molar-refractivity contribution is 7.09. The highest BCUT2D eigenvalue weighted by Crippen LogP contribution is 2.11. The minimum absolute atomic E-state index is 0.0208. The van der Waals surface area contributed by atoms with Gasteiger partial charge in [0, 0.05) is 17.8 Å². The van der Waals surface area contributed by atoms with Crippen LogP contribution in [0, 0.1) is 0 Å². The molecule has 3 nitrogen and oxygen atoms in total. The Morgan fingerprint density at radius 1 is 1.67 bits per heavy atom. The summed E-state index contributed by atoms with van der Waals surface area (Å²) < 4.78 is 0. The summed E-state index contributed by atoms with van der Waals surface area (Å²) >= 11 is 1.72. The maximum atomic E-state index is 11.3. The van der Waals surface area contributed by atoms with Crippen molar-refractivity contribution in [3.63, 3.8) is 0 Å². The van der Waals surface area contributed by atoms with Crippen molar-refractivity contribution in [3.8, 4) is 0 Å². The van der Waals surface area contributed by atoms with Gasteiger partial charge in [0.2, 0.25) is 5.91 Å². The third-order valence-electron chi connectivity index (χ3n) is 2.00. The summed E-state index contributed by atoms with van der Waals surface area (Å²) in [6.07, 6.45) is 1.89. The summed E-state index contributed by atoms with van der Waals surface area (Å²) in [5.74, 6) is 0.0208. The Morgan fingerprint density at radius 3 is 3.07 bits per heavy atom. The van der Waals surface area contributed by atoms with E-state index in [2.05, 4.69) is 11.4 Å². The first-order chi connectivity index (χ1) is 7.18. The molecule has 15 heavy (non-hydrogen) atoms. The van der Waals surface area contributed by atoms with E-state index in [-0.39, 0.29) is 5.91 Å². The van der Waals surface area contributed by atoms with E-state index in [0.29, 0.717) is 13.0 Å². The van der Waals surface area contributed by atoms with E-state index in [1.165, 1.54) is 4.88 Å². The zero-order chi connectivity index (χ0) is 11.1. The van der Waals surface area contributed by atoms with Gasteiger partial charge in [-0.2, -0.15) is 0 Å². The summed E-state index contributed by atoms with van der Waals surface area (Å²) in [5.41, 5.74) is 0. The molecule has 1 heterocycles. The molecule has 0 aliphatic heterocycles. The molecule has 1 aromatic heterocycles. The highest BCUT2D eigenvalue weighted by Gasteiger charge is 2.03. The molecule has 1 amide bonds. The second kappa shape index (κ2) is 6.58. The van der Waals surface area contributed by atoms with Gasteiger partial charge >= 0.3 is 0 Å². The average Bonchev–Trinajstić information content (AvgIpc) is 2.67. The van der Waals surface area contributed by atoms with E-state index < -0.39 is 6.10 Å². The maximum absolute atomic E-state index is 11.3. The van der Waals surface area contributed by atoms with Crippen LogP contribution in [-0.2, 0) is 11.2 Å². The van der Waals surface area contributed by atoms with Crippen LogP contribution in [0.15, 0.2) is 17.5 Å². The quantitative estimate of drug-likeness (QED) is 0.775. The maximum Gasteiger partial charge on any atom is 0.220 e. The molecule has 0 saturated carbocycles. The summed E-state index contributed by atoms with van der Waals surface area (Å²) in [7, 11) is 0. The molecule has 0 spiro atoms. The molecule has 0 unspecified atom stereocenters. The number of aliphatic hydroxyl groups is 1. The number of thiophene rings is 1. The normalized spacial score (nSPS) is 12.4. The van der Waals surface area contributed by atoms with Gasteiger partial charge in [0.15, 0.2) is 0 Å². The Labute approximate surface area is 94.1 Å². The van der Waals surface area contributed by atoms with Gasteiger partial charge < -0.3 is 10.4 Å². The first kappa shape index (κ1) is 12.2. The van der Waals surface area contributed by atoms with Crippen molar-refractivity contribution in [2.45, 2.75) is 32.3 Å². The molecule has 84 valence electrons. The SMILES string of the molecule is C[C@H](O)CNC(=O)CCCc1cccs1.